The summed E-state index contributed by atoms with van der Waals surface area (Å²) in [6.45, 7) is 5.96. The average molecular weight is 225 g/mol. The molecule has 0 atom stereocenters. The van der Waals surface area contributed by atoms with Crippen molar-refractivity contribution in [2.75, 3.05) is 13.1 Å². The van der Waals surface area contributed by atoms with E-state index in [9.17, 15) is 4.39 Å². The van der Waals surface area contributed by atoms with Crippen LogP contribution in [0.4, 0.5) is 4.39 Å². The van der Waals surface area contributed by atoms with Crippen molar-refractivity contribution in [1.82, 2.24) is 4.90 Å². The Kier molecular flexibility index (Phi) is 4.92. The van der Waals surface area contributed by atoms with Crippen molar-refractivity contribution < 1.29 is 14.4 Å². The van der Waals surface area contributed by atoms with Gasteiger partial charge in [0.1, 0.15) is 5.82 Å². The molecule has 0 spiro atoms. The molecule has 0 aliphatic carbocycles. The summed E-state index contributed by atoms with van der Waals surface area (Å²) in [5.74, 6) is -0.391. The van der Waals surface area contributed by atoms with Crippen molar-refractivity contribution in [1.29, 1.82) is 0 Å². The maximum Gasteiger partial charge on any atom is 0.488 e. The average Bonchev–Trinajstić information content (AvgIpc) is 2.27. The van der Waals surface area contributed by atoms with Crippen molar-refractivity contribution in [3.8, 4) is 0 Å². The van der Waals surface area contributed by atoms with Crippen LogP contribution in [-0.2, 0) is 6.54 Å². The molecule has 3 nitrogen and oxygen atoms in total. The lowest BCUT2D eigenvalue weighted by Crippen LogP contribution is -2.36. The van der Waals surface area contributed by atoms with Crippen molar-refractivity contribution in [2.45, 2.75) is 20.4 Å². The third kappa shape index (κ3) is 3.04. The molecule has 1 aromatic rings. The second-order valence-electron chi connectivity index (χ2n) is 3.64. The Labute approximate surface area is 95.7 Å². The smallest absolute Gasteiger partial charge is 0.423 e. The maximum absolute atomic E-state index is 13.6. The molecular formula is C11H17BFNO2. The molecule has 0 aliphatic rings. The van der Waals surface area contributed by atoms with Crippen LogP contribution in [0, 0.1) is 5.82 Å². The van der Waals surface area contributed by atoms with Crippen molar-refractivity contribution in [3.05, 3.63) is 29.6 Å². The molecule has 0 unspecified atom stereocenters. The molecule has 1 aromatic carbocycles. The normalized spacial score (nSPS) is 10.9. The Bertz CT molecular complexity index is 343. The Hall–Kier alpha value is -0.905. The highest BCUT2D eigenvalue weighted by Gasteiger charge is 2.19. The van der Waals surface area contributed by atoms with Gasteiger partial charge in [-0.3, -0.25) is 4.90 Å². The molecule has 88 valence electrons. The van der Waals surface area contributed by atoms with E-state index in [4.69, 9.17) is 10.0 Å². The summed E-state index contributed by atoms with van der Waals surface area (Å²) in [6, 6.07) is 4.35. The number of benzene rings is 1. The van der Waals surface area contributed by atoms with Gasteiger partial charge in [-0.2, -0.15) is 0 Å². The topological polar surface area (TPSA) is 43.7 Å². The molecule has 16 heavy (non-hydrogen) atoms. The monoisotopic (exact) mass is 225 g/mol. The van der Waals surface area contributed by atoms with Crippen LogP contribution in [-0.4, -0.2) is 35.2 Å². The molecule has 0 amide bonds. The lowest BCUT2D eigenvalue weighted by molar-refractivity contribution is 0.291. The van der Waals surface area contributed by atoms with E-state index < -0.39 is 12.9 Å². The highest BCUT2D eigenvalue weighted by atomic mass is 19.1. The van der Waals surface area contributed by atoms with Crippen molar-refractivity contribution >= 4 is 12.6 Å². The molecule has 0 aliphatic heterocycles. The SMILES string of the molecule is CCN(CC)Cc1c(F)cccc1B(O)O. The third-order valence-corrected chi connectivity index (χ3v) is 2.71. The van der Waals surface area contributed by atoms with Gasteiger partial charge in [0.2, 0.25) is 0 Å². The first-order valence-electron chi connectivity index (χ1n) is 5.45. The number of nitrogens with zero attached hydrogens (tertiary/aromatic N) is 1. The number of hydrogen-bond acceptors (Lipinski definition) is 3. The van der Waals surface area contributed by atoms with Gasteiger partial charge >= 0.3 is 7.12 Å². The van der Waals surface area contributed by atoms with Gasteiger partial charge in [-0.05, 0) is 24.6 Å². The summed E-state index contributed by atoms with van der Waals surface area (Å²) in [7, 11) is -1.62. The first-order chi connectivity index (χ1) is 7.60. The molecular weight excluding hydrogens is 208 g/mol. The van der Waals surface area contributed by atoms with Gasteiger partial charge in [0.05, 0.1) is 0 Å². The summed E-state index contributed by atoms with van der Waals surface area (Å²) < 4.78 is 13.6. The van der Waals surface area contributed by atoms with Gasteiger partial charge in [0.15, 0.2) is 0 Å². The van der Waals surface area contributed by atoms with E-state index in [1.165, 1.54) is 18.2 Å². The quantitative estimate of drug-likeness (QED) is 0.710. The lowest BCUT2D eigenvalue weighted by Gasteiger charge is -2.20. The summed E-state index contributed by atoms with van der Waals surface area (Å²) in [5, 5.41) is 18.3. The van der Waals surface area contributed by atoms with Crippen LogP contribution in [0.5, 0.6) is 0 Å². The zero-order chi connectivity index (χ0) is 12.1. The van der Waals surface area contributed by atoms with Crippen LogP contribution >= 0.6 is 0 Å². The fraction of sp³-hybridized carbons (Fsp3) is 0.455. The fourth-order valence-corrected chi connectivity index (χ4v) is 1.65. The number of halogens is 1. The van der Waals surface area contributed by atoms with Gasteiger partial charge in [-0.1, -0.05) is 26.0 Å². The van der Waals surface area contributed by atoms with E-state index in [0.29, 0.717) is 12.1 Å². The first kappa shape index (κ1) is 13.2. The van der Waals surface area contributed by atoms with E-state index >= 15 is 0 Å². The van der Waals surface area contributed by atoms with Crippen LogP contribution in [0.3, 0.4) is 0 Å². The molecule has 1 rings (SSSR count). The Morgan fingerprint density at radius 1 is 1.25 bits per heavy atom. The minimum absolute atomic E-state index is 0.243. The zero-order valence-corrected chi connectivity index (χ0v) is 9.65. The van der Waals surface area contributed by atoms with Gasteiger partial charge in [-0.15, -0.1) is 0 Å². The standard InChI is InChI=1S/C11H17BFNO2/c1-3-14(4-2)8-9-10(12(15)16)6-5-7-11(9)13/h5-7,15-16H,3-4,8H2,1-2H3. The second-order valence-corrected chi connectivity index (χ2v) is 3.64. The van der Waals surface area contributed by atoms with Gasteiger partial charge in [-0.25, -0.2) is 4.39 Å². The summed E-state index contributed by atoms with van der Waals surface area (Å²) in [4.78, 5) is 2.02. The Balaban J connectivity index is 3.00. The Morgan fingerprint density at radius 3 is 2.38 bits per heavy atom. The number of rotatable bonds is 5. The fourth-order valence-electron chi connectivity index (χ4n) is 1.65. The minimum atomic E-state index is -1.62. The second kappa shape index (κ2) is 5.99. The van der Waals surface area contributed by atoms with Crippen LogP contribution in [0.2, 0.25) is 0 Å². The third-order valence-electron chi connectivity index (χ3n) is 2.71. The van der Waals surface area contributed by atoms with Crippen molar-refractivity contribution in [3.63, 3.8) is 0 Å². The van der Waals surface area contributed by atoms with Crippen LogP contribution in [0.15, 0.2) is 18.2 Å². The van der Waals surface area contributed by atoms with E-state index in [-0.39, 0.29) is 5.46 Å². The highest BCUT2D eigenvalue weighted by molar-refractivity contribution is 6.59. The molecule has 5 heteroatoms. The molecule has 0 bridgehead atoms. The molecule has 2 N–H and O–H groups in total. The summed E-state index contributed by atoms with van der Waals surface area (Å²) in [6.07, 6.45) is 0. The molecule has 0 radical (unpaired) electrons. The van der Waals surface area contributed by atoms with Crippen LogP contribution in [0.25, 0.3) is 0 Å². The largest absolute Gasteiger partial charge is 0.488 e. The van der Waals surface area contributed by atoms with E-state index in [1.54, 1.807) is 0 Å². The predicted octanol–water partition coefficient (Wildman–Crippen LogP) is 0.347. The first-order valence-corrected chi connectivity index (χ1v) is 5.45. The van der Waals surface area contributed by atoms with E-state index in [1.807, 2.05) is 18.7 Å². The lowest BCUT2D eigenvalue weighted by atomic mass is 9.76. The van der Waals surface area contributed by atoms with E-state index in [2.05, 4.69) is 0 Å². The minimum Gasteiger partial charge on any atom is -0.423 e. The van der Waals surface area contributed by atoms with E-state index in [0.717, 1.165) is 13.1 Å². The van der Waals surface area contributed by atoms with Gasteiger partial charge in [0.25, 0.3) is 0 Å². The molecule has 0 saturated heterocycles. The summed E-state index contributed by atoms with van der Waals surface area (Å²) in [5.41, 5.74) is 0.605. The molecule has 0 heterocycles. The molecule has 0 fully saturated rings. The Morgan fingerprint density at radius 2 is 1.88 bits per heavy atom. The highest BCUT2D eigenvalue weighted by Crippen LogP contribution is 2.08. The van der Waals surface area contributed by atoms with Crippen molar-refractivity contribution in [2.24, 2.45) is 0 Å². The van der Waals surface area contributed by atoms with Gasteiger partial charge in [0, 0.05) is 12.1 Å². The maximum atomic E-state index is 13.6. The molecule has 0 aromatic heterocycles. The van der Waals surface area contributed by atoms with Crippen LogP contribution < -0.4 is 5.46 Å². The van der Waals surface area contributed by atoms with Crippen LogP contribution in [0.1, 0.15) is 19.4 Å². The van der Waals surface area contributed by atoms with Gasteiger partial charge < -0.3 is 10.0 Å². The summed E-state index contributed by atoms with van der Waals surface area (Å²) >= 11 is 0. The number of hydrogen-bond donors (Lipinski definition) is 2. The molecule has 0 saturated carbocycles. The zero-order valence-electron chi connectivity index (χ0n) is 9.65. The predicted molar refractivity (Wildman–Crippen MR) is 62.9 cm³/mol.